The number of rotatable bonds is 4. The minimum Gasteiger partial charge on any atom is -0.548 e. The van der Waals surface area contributed by atoms with Crippen molar-refractivity contribution in [2.75, 3.05) is 13.2 Å². The average Bonchev–Trinajstić information content (AvgIpc) is 3.29. The topological polar surface area (TPSA) is 99.9 Å². The highest BCUT2D eigenvalue weighted by Gasteiger charge is 2.29. The number of ether oxygens (including phenoxy) is 1. The number of fused-ring (bicyclic) bond motifs is 3. The van der Waals surface area contributed by atoms with E-state index in [0.717, 1.165) is 35.8 Å². The molecule has 4 rings (SSSR count). The predicted molar refractivity (Wildman–Crippen MR) is 89.7 cm³/mol. The highest BCUT2D eigenvalue weighted by atomic mass is 16.5. The number of nitrogens with zero attached hydrogens (tertiary/aromatic N) is 1. The molecule has 0 bridgehead atoms. The van der Waals surface area contributed by atoms with Crippen molar-refractivity contribution in [3.8, 4) is 5.75 Å². The van der Waals surface area contributed by atoms with Crippen LogP contribution in [-0.4, -0.2) is 36.0 Å². The number of carbonyl (C=O) groups excluding carboxylic acids is 2. The van der Waals surface area contributed by atoms with Gasteiger partial charge in [0.25, 0.3) is 5.91 Å². The summed E-state index contributed by atoms with van der Waals surface area (Å²) >= 11 is 0. The Morgan fingerprint density at radius 1 is 1.23 bits per heavy atom. The molecule has 7 heteroatoms. The zero-order chi connectivity index (χ0) is 18.3. The fourth-order valence-electron chi connectivity index (χ4n) is 3.89. The summed E-state index contributed by atoms with van der Waals surface area (Å²) in [7, 11) is 0. The molecular weight excluding hydrogens is 338 g/mol. The first-order valence-electron chi connectivity index (χ1n) is 8.76. The third-order valence-electron chi connectivity index (χ3n) is 5.15. The molecule has 0 saturated carbocycles. The van der Waals surface area contributed by atoms with Crippen molar-refractivity contribution in [2.45, 2.75) is 38.1 Å². The first-order chi connectivity index (χ1) is 12.5. The van der Waals surface area contributed by atoms with E-state index in [1.165, 1.54) is 4.90 Å². The van der Waals surface area contributed by atoms with Gasteiger partial charge in [-0.2, -0.15) is 0 Å². The Morgan fingerprint density at radius 2 is 2.04 bits per heavy atom. The molecule has 0 unspecified atom stereocenters. The minimum absolute atomic E-state index is 0.273. The highest BCUT2D eigenvalue weighted by molar-refractivity contribution is 5.85. The van der Waals surface area contributed by atoms with Gasteiger partial charge in [-0.15, -0.1) is 0 Å². The third kappa shape index (κ3) is 2.83. The number of carboxylic acids is 1. The summed E-state index contributed by atoms with van der Waals surface area (Å²) in [6.07, 6.45) is 3.59. The second-order valence-corrected chi connectivity index (χ2v) is 6.71. The van der Waals surface area contributed by atoms with E-state index in [2.05, 4.69) is 0 Å². The summed E-state index contributed by atoms with van der Waals surface area (Å²) in [5, 5.41) is 12.0. The molecule has 0 spiro atoms. The Kier molecular flexibility index (Phi) is 4.14. The SMILES string of the molecule is O=C([O-])[C@H]1CCCN1C(=O)COc1ccc2c3c(c(=O)oc2c1)CCC3. The zero-order valence-electron chi connectivity index (χ0n) is 14.2. The van der Waals surface area contributed by atoms with Gasteiger partial charge in [-0.05, 0) is 49.8 Å². The summed E-state index contributed by atoms with van der Waals surface area (Å²) in [5.74, 6) is -1.24. The van der Waals surface area contributed by atoms with Gasteiger partial charge < -0.3 is 24.0 Å². The van der Waals surface area contributed by atoms with Gasteiger partial charge in [0.15, 0.2) is 6.61 Å². The lowest BCUT2D eigenvalue weighted by Crippen LogP contribution is -2.48. The first-order valence-corrected chi connectivity index (χ1v) is 8.76. The molecule has 26 heavy (non-hydrogen) atoms. The fourth-order valence-corrected chi connectivity index (χ4v) is 3.89. The smallest absolute Gasteiger partial charge is 0.339 e. The molecule has 2 aromatic rings. The maximum absolute atomic E-state index is 12.2. The van der Waals surface area contributed by atoms with Crippen LogP contribution in [0.4, 0.5) is 0 Å². The molecule has 1 aromatic carbocycles. The fraction of sp³-hybridized carbons (Fsp3) is 0.421. The van der Waals surface area contributed by atoms with Gasteiger partial charge in [-0.3, -0.25) is 4.79 Å². The van der Waals surface area contributed by atoms with Gasteiger partial charge in [0.2, 0.25) is 0 Å². The minimum atomic E-state index is -1.24. The van der Waals surface area contributed by atoms with E-state index in [9.17, 15) is 19.5 Å². The number of hydrogen-bond acceptors (Lipinski definition) is 6. The number of amides is 1. The van der Waals surface area contributed by atoms with Gasteiger partial charge in [-0.1, -0.05) is 0 Å². The van der Waals surface area contributed by atoms with Crippen molar-refractivity contribution >= 4 is 22.8 Å². The van der Waals surface area contributed by atoms with E-state index in [1.807, 2.05) is 6.07 Å². The van der Waals surface area contributed by atoms with Crippen molar-refractivity contribution in [1.29, 1.82) is 0 Å². The van der Waals surface area contributed by atoms with E-state index >= 15 is 0 Å². The van der Waals surface area contributed by atoms with Crippen LogP contribution < -0.4 is 15.5 Å². The molecule has 1 saturated heterocycles. The van der Waals surface area contributed by atoms with Crippen LogP contribution in [0, 0.1) is 0 Å². The highest BCUT2D eigenvalue weighted by Crippen LogP contribution is 2.29. The quantitative estimate of drug-likeness (QED) is 0.735. The van der Waals surface area contributed by atoms with Crippen LogP contribution in [0.15, 0.2) is 27.4 Å². The van der Waals surface area contributed by atoms with E-state index in [1.54, 1.807) is 12.1 Å². The molecular formula is C19H18NO6-. The summed E-state index contributed by atoms with van der Waals surface area (Å²) in [6.45, 7) is 0.115. The van der Waals surface area contributed by atoms with Gasteiger partial charge in [0.1, 0.15) is 11.3 Å². The monoisotopic (exact) mass is 356 g/mol. The van der Waals surface area contributed by atoms with Crippen molar-refractivity contribution in [3.05, 3.63) is 39.7 Å². The molecule has 0 N–H and O–H groups in total. The molecule has 1 aromatic heterocycles. The van der Waals surface area contributed by atoms with Crippen molar-refractivity contribution < 1.29 is 23.8 Å². The van der Waals surface area contributed by atoms with Gasteiger partial charge >= 0.3 is 5.63 Å². The number of likely N-dealkylation sites (tertiary alicyclic amines) is 1. The van der Waals surface area contributed by atoms with Crippen LogP contribution in [0.25, 0.3) is 11.0 Å². The summed E-state index contributed by atoms with van der Waals surface area (Å²) < 4.78 is 10.9. The molecule has 1 fully saturated rings. The molecule has 1 aliphatic carbocycles. The number of carbonyl (C=O) groups is 2. The van der Waals surface area contributed by atoms with Crippen LogP contribution in [0.1, 0.15) is 30.4 Å². The lowest BCUT2D eigenvalue weighted by molar-refractivity contribution is -0.310. The van der Waals surface area contributed by atoms with Gasteiger partial charge in [0, 0.05) is 23.6 Å². The van der Waals surface area contributed by atoms with E-state index in [4.69, 9.17) is 9.15 Å². The van der Waals surface area contributed by atoms with E-state index in [0.29, 0.717) is 30.7 Å². The van der Waals surface area contributed by atoms with Crippen LogP contribution in [-0.2, 0) is 22.4 Å². The second kappa shape index (κ2) is 6.48. The maximum Gasteiger partial charge on any atom is 0.339 e. The Hall–Kier alpha value is -2.83. The van der Waals surface area contributed by atoms with Gasteiger partial charge in [-0.25, -0.2) is 4.79 Å². The summed E-state index contributed by atoms with van der Waals surface area (Å²) in [6, 6.07) is 4.28. The molecule has 0 radical (unpaired) electrons. The maximum atomic E-state index is 12.2. The lowest BCUT2D eigenvalue weighted by Gasteiger charge is -2.25. The molecule has 136 valence electrons. The number of aliphatic carboxylic acids is 1. The molecule has 1 amide bonds. The number of carboxylic acid groups (broad SMARTS) is 1. The number of aryl methyl sites for hydroxylation is 1. The van der Waals surface area contributed by atoms with Crippen molar-refractivity contribution in [2.24, 2.45) is 0 Å². The number of benzene rings is 1. The van der Waals surface area contributed by atoms with Gasteiger partial charge in [0.05, 0.1) is 12.0 Å². The average molecular weight is 356 g/mol. The Morgan fingerprint density at radius 3 is 2.85 bits per heavy atom. The predicted octanol–water partition coefficient (Wildman–Crippen LogP) is 0.401. The normalized spacial score (nSPS) is 18.9. The van der Waals surface area contributed by atoms with Crippen LogP contribution in [0.2, 0.25) is 0 Å². The molecule has 2 aliphatic rings. The van der Waals surface area contributed by atoms with Crippen LogP contribution in [0.5, 0.6) is 5.75 Å². The van der Waals surface area contributed by atoms with E-state index in [-0.39, 0.29) is 12.2 Å². The second-order valence-electron chi connectivity index (χ2n) is 6.71. The molecule has 7 nitrogen and oxygen atoms in total. The van der Waals surface area contributed by atoms with Crippen molar-refractivity contribution in [1.82, 2.24) is 4.90 Å². The summed E-state index contributed by atoms with van der Waals surface area (Å²) in [5.41, 5.74) is 1.91. The van der Waals surface area contributed by atoms with Crippen LogP contribution in [0.3, 0.4) is 0 Å². The zero-order valence-corrected chi connectivity index (χ0v) is 14.2. The van der Waals surface area contributed by atoms with E-state index < -0.39 is 17.9 Å². The third-order valence-corrected chi connectivity index (χ3v) is 5.15. The van der Waals surface area contributed by atoms with Crippen LogP contribution >= 0.6 is 0 Å². The Bertz CT molecular complexity index is 947. The Labute approximate surface area is 149 Å². The standard InChI is InChI=1S/C19H19NO6/c21-17(20-8-2-5-15(20)18(22)23)10-25-11-6-7-13-12-3-1-4-14(12)19(24)26-16(13)9-11/h6-7,9,15H,1-5,8,10H2,(H,22,23)/p-1/t15-/m1/s1. The molecule has 1 atom stereocenters. The molecule has 2 heterocycles. The molecule has 1 aliphatic heterocycles. The lowest BCUT2D eigenvalue weighted by atomic mass is 10.1. The largest absolute Gasteiger partial charge is 0.548 e. The first kappa shape index (κ1) is 16.6. The Balaban J connectivity index is 1.51. The number of hydrogen-bond donors (Lipinski definition) is 0. The van der Waals surface area contributed by atoms with Crippen molar-refractivity contribution in [3.63, 3.8) is 0 Å². The summed E-state index contributed by atoms with van der Waals surface area (Å²) in [4.78, 5) is 36.6.